The van der Waals surface area contributed by atoms with Crippen LogP contribution >= 0.6 is 0 Å². The highest BCUT2D eigenvalue weighted by atomic mass is 16.5. The first kappa shape index (κ1) is 25.2. The Labute approximate surface area is 199 Å². The van der Waals surface area contributed by atoms with E-state index in [-0.39, 0.29) is 43.7 Å². The van der Waals surface area contributed by atoms with Crippen LogP contribution in [0.1, 0.15) is 43.2 Å². The molecule has 3 N–H and O–H groups in total. The minimum Gasteiger partial charge on any atom is -0.479 e. The van der Waals surface area contributed by atoms with E-state index in [1.54, 1.807) is 0 Å². The van der Waals surface area contributed by atoms with Crippen molar-refractivity contribution in [2.45, 2.75) is 38.2 Å². The van der Waals surface area contributed by atoms with Gasteiger partial charge in [-0.1, -0.05) is 55.5 Å². The van der Waals surface area contributed by atoms with Crippen LogP contribution in [0.15, 0.2) is 48.5 Å². The highest BCUT2D eigenvalue weighted by Gasteiger charge is 2.29. The van der Waals surface area contributed by atoms with E-state index in [4.69, 9.17) is 14.6 Å². The molecule has 2 atom stereocenters. The maximum absolute atomic E-state index is 12.2. The topological polar surface area (TPSA) is 114 Å². The Kier molecular flexibility index (Phi) is 9.04. The molecule has 0 heterocycles. The lowest BCUT2D eigenvalue weighted by atomic mass is 9.98. The summed E-state index contributed by atoms with van der Waals surface area (Å²) in [4.78, 5) is 35.2. The zero-order valence-corrected chi connectivity index (χ0v) is 19.6. The third-order valence-corrected chi connectivity index (χ3v) is 6.07. The molecular formula is C26H32N2O6. The molecule has 34 heavy (non-hydrogen) atoms. The molecule has 0 spiro atoms. The number of fused-ring (bicyclic) bond motifs is 3. The molecule has 2 aromatic carbocycles. The van der Waals surface area contributed by atoms with E-state index in [9.17, 15) is 14.4 Å². The van der Waals surface area contributed by atoms with Gasteiger partial charge in [0, 0.05) is 39.0 Å². The molecule has 0 radical (unpaired) electrons. The number of carbonyl (C=O) groups excluding carboxylic acids is 2. The van der Waals surface area contributed by atoms with Gasteiger partial charge >= 0.3 is 12.1 Å². The van der Waals surface area contributed by atoms with Crippen molar-refractivity contribution in [1.82, 2.24) is 10.6 Å². The maximum atomic E-state index is 12.2. The second kappa shape index (κ2) is 12.2. The number of carboxylic acid groups (broad SMARTS) is 1. The van der Waals surface area contributed by atoms with Crippen LogP contribution in [0.25, 0.3) is 11.1 Å². The number of aliphatic carboxylic acids is 1. The molecule has 0 bridgehead atoms. The normalized spacial score (nSPS) is 13.9. The van der Waals surface area contributed by atoms with Crippen LogP contribution in [0.5, 0.6) is 0 Å². The Balaban J connectivity index is 1.36. The number of benzene rings is 2. The number of nitrogens with one attached hydrogen (secondary N) is 2. The molecule has 8 nitrogen and oxygen atoms in total. The molecule has 0 aromatic heterocycles. The van der Waals surface area contributed by atoms with Gasteiger partial charge in [0.25, 0.3) is 0 Å². The highest BCUT2D eigenvalue weighted by molar-refractivity contribution is 5.79. The van der Waals surface area contributed by atoms with Gasteiger partial charge in [-0.15, -0.1) is 0 Å². The van der Waals surface area contributed by atoms with Gasteiger partial charge < -0.3 is 25.2 Å². The van der Waals surface area contributed by atoms with Crippen LogP contribution < -0.4 is 10.6 Å². The summed E-state index contributed by atoms with van der Waals surface area (Å²) in [6.07, 6.45) is -0.295. The first-order valence-electron chi connectivity index (χ1n) is 11.5. The van der Waals surface area contributed by atoms with E-state index in [1.165, 1.54) is 18.2 Å². The van der Waals surface area contributed by atoms with Crippen LogP contribution in [-0.4, -0.2) is 56.0 Å². The quantitative estimate of drug-likeness (QED) is 0.439. The fraction of sp³-hybridized carbons (Fsp3) is 0.423. The number of carboxylic acids is 1. The van der Waals surface area contributed by atoms with Gasteiger partial charge in [-0.2, -0.15) is 0 Å². The van der Waals surface area contributed by atoms with E-state index in [2.05, 4.69) is 34.9 Å². The number of hydrogen-bond acceptors (Lipinski definition) is 5. The molecule has 2 unspecified atom stereocenters. The van der Waals surface area contributed by atoms with E-state index in [0.29, 0.717) is 13.0 Å². The summed E-state index contributed by atoms with van der Waals surface area (Å²) in [6, 6.07) is 16.4. The summed E-state index contributed by atoms with van der Waals surface area (Å²) < 4.78 is 10.4. The number of alkyl carbamates (subject to hydrolysis) is 1. The summed E-state index contributed by atoms with van der Waals surface area (Å²) in [6.45, 7) is 2.81. The van der Waals surface area contributed by atoms with Gasteiger partial charge in [0.2, 0.25) is 5.91 Å². The van der Waals surface area contributed by atoms with Gasteiger partial charge in [0.1, 0.15) is 6.61 Å². The zero-order chi connectivity index (χ0) is 24.5. The van der Waals surface area contributed by atoms with Gasteiger partial charge in [0.15, 0.2) is 6.10 Å². The molecule has 0 aliphatic heterocycles. The van der Waals surface area contributed by atoms with E-state index >= 15 is 0 Å². The summed E-state index contributed by atoms with van der Waals surface area (Å²) >= 11 is 0. The minimum absolute atomic E-state index is 0.0135. The van der Waals surface area contributed by atoms with Crippen LogP contribution in [0.4, 0.5) is 4.79 Å². The molecule has 0 saturated heterocycles. The van der Waals surface area contributed by atoms with Crippen molar-refractivity contribution in [3.05, 3.63) is 59.7 Å². The molecule has 1 aliphatic carbocycles. The van der Waals surface area contributed by atoms with Crippen molar-refractivity contribution in [3.63, 3.8) is 0 Å². The van der Waals surface area contributed by atoms with Crippen molar-refractivity contribution < 1.29 is 29.0 Å². The molecule has 1 aliphatic rings. The van der Waals surface area contributed by atoms with E-state index in [1.807, 2.05) is 31.2 Å². The minimum atomic E-state index is -1.05. The fourth-order valence-electron chi connectivity index (χ4n) is 4.25. The number of hydrogen-bond donors (Lipinski definition) is 3. The fourth-order valence-corrected chi connectivity index (χ4v) is 4.25. The Morgan fingerprint density at radius 2 is 1.53 bits per heavy atom. The lowest BCUT2D eigenvalue weighted by Gasteiger charge is -2.16. The van der Waals surface area contributed by atoms with Gasteiger partial charge in [-0.05, 0) is 34.6 Å². The summed E-state index contributed by atoms with van der Waals surface area (Å²) in [5.41, 5.74) is 4.69. The molecule has 2 aromatic rings. The Bertz CT molecular complexity index is 963. The third kappa shape index (κ3) is 6.57. The van der Waals surface area contributed by atoms with Crippen LogP contribution in [0.3, 0.4) is 0 Å². The summed E-state index contributed by atoms with van der Waals surface area (Å²) in [5, 5.41) is 14.4. The first-order valence-corrected chi connectivity index (χ1v) is 11.5. The lowest BCUT2D eigenvalue weighted by Crippen LogP contribution is -2.32. The van der Waals surface area contributed by atoms with Crippen molar-refractivity contribution in [1.29, 1.82) is 0 Å². The number of rotatable bonds is 12. The van der Waals surface area contributed by atoms with Gasteiger partial charge in [-0.25, -0.2) is 9.59 Å². The second-order valence-electron chi connectivity index (χ2n) is 8.55. The van der Waals surface area contributed by atoms with Crippen LogP contribution in [-0.2, 0) is 19.1 Å². The van der Waals surface area contributed by atoms with Gasteiger partial charge in [-0.3, -0.25) is 4.79 Å². The largest absolute Gasteiger partial charge is 0.479 e. The molecule has 0 fully saturated rings. The molecule has 2 amide bonds. The Morgan fingerprint density at radius 1 is 0.941 bits per heavy atom. The predicted octanol–water partition coefficient (Wildman–Crippen LogP) is 3.55. The molecule has 0 saturated carbocycles. The lowest BCUT2D eigenvalue weighted by molar-refractivity contribution is -0.149. The maximum Gasteiger partial charge on any atom is 0.407 e. The van der Waals surface area contributed by atoms with E-state index < -0.39 is 18.2 Å². The zero-order valence-electron chi connectivity index (χ0n) is 19.6. The van der Waals surface area contributed by atoms with Crippen molar-refractivity contribution in [2.24, 2.45) is 5.92 Å². The third-order valence-electron chi connectivity index (χ3n) is 6.07. The second-order valence-corrected chi connectivity index (χ2v) is 8.55. The van der Waals surface area contributed by atoms with Crippen molar-refractivity contribution in [2.75, 3.05) is 26.8 Å². The molecule has 3 rings (SSSR count). The van der Waals surface area contributed by atoms with Gasteiger partial charge in [0.05, 0.1) is 0 Å². The average molecular weight is 469 g/mol. The number of amides is 2. The number of ether oxygens (including phenoxy) is 2. The monoisotopic (exact) mass is 468 g/mol. The summed E-state index contributed by atoms with van der Waals surface area (Å²) in [7, 11) is 1.33. The number of methoxy groups -OCH3 is 1. The first-order chi connectivity index (χ1) is 16.4. The molecular weight excluding hydrogens is 436 g/mol. The summed E-state index contributed by atoms with van der Waals surface area (Å²) in [5.74, 6) is -1.15. The molecule has 8 heteroatoms. The van der Waals surface area contributed by atoms with Crippen LogP contribution in [0, 0.1) is 5.92 Å². The van der Waals surface area contributed by atoms with Crippen LogP contribution in [0.2, 0.25) is 0 Å². The molecule has 182 valence electrons. The Morgan fingerprint density at radius 3 is 2.12 bits per heavy atom. The highest BCUT2D eigenvalue weighted by Crippen LogP contribution is 2.44. The average Bonchev–Trinajstić information content (AvgIpc) is 3.14. The van der Waals surface area contributed by atoms with E-state index in [0.717, 1.165) is 11.1 Å². The smallest absolute Gasteiger partial charge is 0.407 e. The SMILES string of the molecule is COC(CCNC(=O)CC(C)CCNC(=O)OCC1c2ccccc2-c2ccccc21)C(=O)O. The Hall–Kier alpha value is -3.39. The number of carbonyl (C=O) groups is 3. The standard InChI is InChI=1S/C26H32N2O6/c1-17(15-24(29)27-14-12-23(33-2)25(30)31)11-13-28-26(32)34-16-22-20-9-5-3-7-18(20)19-8-4-6-10-21(19)22/h3-10,17,22-23H,11-16H2,1-2H3,(H,27,29)(H,28,32)(H,30,31). The van der Waals surface area contributed by atoms with Crippen molar-refractivity contribution >= 4 is 18.0 Å². The predicted molar refractivity (Wildman–Crippen MR) is 128 cm³/mol. The van der Waals surface area contributed by atoms with Crippen molar-refractivity contribution in [3.8, 4) is 11.1 Å².